The molecule has 0 saturated heterocycles. The van der Waals surface area contributed by atoms with Crippen molar-refractivity contribution in [3.05, 3.63) is 46.9 Å². The number of hydrogen-bond acceptors (Lipinski definition) is 5. The van der Waals surface area contributed by atoms with Gasteiger partial charge in [-0.05, 0) is 41.5 Å². The van der Waals surface area contributed by atoms with Crippen molar-refractivity contribution in [2.24, 2.45) is 0 Å². The lowest BCUT2D eigenvalue weighted by Gasteiger charge is -2.27. The molecule has 2 aromatic heterocycles. The molecule has 0 spiro atoms. The highest BCUT2D eigenvalue weighted by Crippen LogP contribution is 2.23. The summed E-state index contributed by atoms with van der Waals surface area (Å²) in [7, 11) is 0. The number of carbonyl (C=O) groups is 2. The molecule has 7 nitrogen and oxygen atoms in total. The average molecular weight is 369 g/mol. The van der Waals surface area contributed by atoms with Crippen molar-refractivity contribution in [1.29, 1.82) is 0 Å². The lowest BCUT2D eigenvalue weighted by molar-refractivity contribution is 0.0706. The maximum absolute atomic E-state index is 12.8. The molecule has 4 rings (SSSR count). The van der Waals surface area contributed by atoms with E-state index in [0.717, 1.165) is 11.8 Å². The fraction of sp³-hybridized carbons (Fsp3) is 0.333. The first kappa shape index (κ1) is 16.7. The van der Waals surface area contributed by atoms with Crippen molar-refractivity contribution in [3.63, 3.8) is 0 Å². The molecule has 0 atom stereocenters. The predicted molar refractivity (Wildman–Crippen MR) is 99.2 cm³/mol. The van der Waals surface area contributed by atoms with Gasteiger partial charge >= 0.3 is 0 Å². The summed E-state index contributed by atoms with van der Waals surface area (Å²) in [5.41, 5.74) is 0.671. The van der Waals surface area contributed by atoms with Crippen LogP contribution >= 0.6 is 11.3 Å². The minimum absolute atomic E-state index is 0.0238. The van der Waals surface area contributed by atoms with Gasteiger partial charge in [0.2, 0.25) is 5.82 Å². The van der Waals surface area contributed by atoms with E-state index in [9.17, 15) is 9.59 Å². The van der Waals surface area contributed by atoms with Crippen molar-refractivity contribution in [1.82, 2.24) is 25.0 Å². The second-order valence-corrected chi connectivity index (χ2v) is 7.19. The summed E-state index contributed by atoms with van der Waals surface area (Å²) in [6, 6.07) is 7.79. The molecule has 3 heterocycles. The molecule has 3 aromatic rings. The zero-order valence-corrected chi connectivity index (χ0v) is 15.3. The predicted octanol–water partition coefficient (Wildman–Crippen LogP) is 2.29. The van der Waals surface area contributed by atoms with E-state index >= 15 is 0 Å². The number of hydrogen-bond donors (Lipinski definition) is 1. The van der Waals surface area contributed by atoms with Gasteiger partial charge in [-0.3, -0.25) is 9.59 Å². The van der Waals surface area contributed by atoms with Crippen LogP contribution in [-0.2, 0) is 13.1 Å². The second-order valence-electron chi connectivity index (χ2n) is 6.25. The van der Waals surface area contributed by atoms with Crippen LogP contribution < -0.4 is 5.32 Å². The molecule has 0 saturated carbocycles. The number of rotatable bonds is 4. The van der Waals surface area contributed by atoms with Crippen LogP contribution in [0.25, 0.3) is 10.1 Å². The van der Waals surface area contributed by atoms with Gasteiger partial charge in [0.05, 0.1) is 6.54 Å². The Morgan fingerprint density at radius 3 is 2.96 bits per heavy atom. The Balaban J connectivity index is 1.52. The van der Waals surface area contributed by atoms with Gasteiger partial charge in [0.1, 0.15) is 0 Å². The summed E-state index contributed by atoms with van der Waals surface area (Å²) >= 11 is 1.66. The fourth-order valence-corrected chi connectivity index (χ4v) is 3.87. The highest BCUT2D eigenvalue weighted by Gasteiger charge is 2.27. The van der Waals surface area contributed by atoms with Gasteiger partial charge in [0, 0.05) is 29.9 Å². The number of carbonyl (C=O) groups excluding carboxylic acids is 2. The number of aromatic nitrogens is 3. The Bertz CT molecular complexity index is 977. The zero-order valence-electron chi connectivity index (χ0n) is 14.4. The van der Waals surface area contributed by atoms with Gasteiger partial charge in [0.15, 0.2) is 5.82 Å². The van der Waals surface area contributed by atoms with Crippen LogP contribution in [0.3, 0.4) is 0 Å². The molecule has 0 unspecified atom stereocenters. The van der Waals surface area contributed by atoms with Crippen LogP contribution in [0, 0.1) is 0 Å². The molecule has 8 heteroatoms. The van der Waals surface area contributed by atoms with Crippen molar-refractivity contribution in [2.75, 3.05) is 13.1 Å². The first-order valence-electron chi connectivity index (χ1n) is 8.64. The Kier molecular flexibility index (Phi) is 4.42. The number of benzene rings is 1. The first-order chi connectivity index (χ1) is 12.7. The van der Waals surface area contributed by atoms with Crippen LogP contribution in [-0.4, -0.2) is 44.6 Å². The van der Waals surface area contributed by atoms with Crippen molar-refractivity contribution in [3.8, 4) is 0 Å². The van der Waals surface area contributed by atoms with Crippen molar-refractivity contribution < 1.29 is 9.59 Å². The van der Waals surface area contributed by atoms with Crippen LogP contribution in [0.1, 0.15) is 40.1 Å². The van der Waals surface area contributed by atoms with Gasteiger partial charge in [-0.25, -0.2) is 0 Å². The number of amides is 2. The van der Waals surface area contributed by atoms with Gasteiger partial charge in [-0.1, -0.05) is 6.92 Å². The maximum Gasteiger partial charge on any atom is 0.289 e. The topological polar surface area (TPSA) is 80.1 Å². The summed E-state index contributed by atoms with van der Waals surface area (Å²) in [6.07, 6.45) is 0.865. The van der Waals surface area contributed by atoms with E-state index in [-0.39, 0.29) is 11.8 Å². The maximum atomic E-state index is 12.8. The smallest absolute Gasteiger partial charge is 0.289 e. The third-order valence-electron chi connectivity index (χ3n) is 4.48. The molecule has 1 aliphatic rings. The van der Waals surface area contributed by atoms with Crippen LogP contribution in [0.4, 0.5) is 0 Å². The number of fused-ring (bicyclic) bond motifs is 2. The molecule has 134 valence electrons. The molecular weight excluding hydrogens is 350 g/mol. The van der Waals surface area contributed by atoms with Gasteiger partial charge in [-0.2, -0.15) is 0 Å². The standard InChI is InChI=1S/C18H19N5O2S/c1-2-6-19-17(24)16-21-20-15-11-22(7-8-23(15)16)18(25)13-3-4-14-12(10-13)5-9-26-14/h3-5,9-10H,2,6-8,11H2,1H3,(H,19,24). The zero-order chi connectivity index (χ0) is 18.1. The highest BCUT2D eigenvalue weighted by molar-refractivity contribution is 7.17. The number of nitrogens with one attached hydrogen (secondary N) is 1. The van der Waals surface area contributed by atoms with Crippen molar-refractivity contribution in [2.45, 2.75) is 26.4 Å². The lowest BCUT2D eigenvalue weighted by atomic mass is 10.1. The van der Waals surface area contributed by atoms with E-state index < -0.39 is 0 Å². The summed E-state index contributed by atoms with van der Waals surface area (Å²) in [5, 5.41) is 14.0. The molecule has 0 aliphatic carbocycles. The molecule has 1 aromatic carbocycles. The normalized spacial score (nSPS) is 13.7. The van der Waals surface area contributed by atoms with Crippen LogP contribution in [0.2, 0.25) is 0 Å². The number of thiophene rings is 1. The summed E-state index contributed by atoms with van der Waals surface area (Å²) in [6.45, 7) is 4.00. The number of nitrogens with zero attached hydrogens (tertiary/aromatic N) is 4. The third-order valence-corrected chi connectivity index (χ3v) is 5.38. The summed E-state index contributed by atoms with van der Waals surface area (Å²) in [5.74, 6) is 0.723. The molecule has 26 heavy (non-hydrogen) atoms. The van der Waals surface area contributed by atoms with Crippen LogP contribution in [0.15, 0.2) is 29.6 Å². The second kappa shape index (κ2) is 6.87. The monoisotopic (exact) mass is 369 g/mol. The largest absolute Gasteiger partial charge is 0.349 e. The van der Waals surface area contributed by atoms with E-state index in [2.05, 4.69) is 15.5 Å². The summed E-state index contributed by atoms with van der Waals surface area (Å²) < 4.78 is 2.97. The van der Waals surface area contributed by atoms with E-state index in [4.69, 9.17) is 0 Å². The lowest BCUT2D eigenvalue weighted by Crippen LogP contribution is -2.39. The van der Waals surface area contributed by atoms with E-state index in [1.165, 1.54) is 4.70 Å². The molecule has 1 aliphatic heterocycles. The first-order valence-corrected chi connectivity index (χ1v) is 9.52. The Morgan fingerprint density at radius 1 is 1.23 bits per heavy atom. The van der Waals surface area contributed by atoms with Gasteiger partial charge in [0.25, 0.3) is 11.8 Å². The molecule has 1 N–H and O–H groups in total. The third kappa shape index (κ3) is 2.96. The molecule has 0 radical (unpaired) electrons. The summed E-state index contributed by atoms with van der Waals surface area (Å²) in [4.78, 5) is 26.8. The minimum Gasteiger partial charge on any atom is -0.349 e. The van der Waals surface area contributed by atoms with Gasteiger partial charge < -0.3 is 14.8 Å². The fourth-order valence-electron chi connectivity index (χ4n) is 3.10. The Morgan fingerprint density at radius 2 is 2.12 bits per heavy atom. The van der Waals surface area contributed by atoms with Crippen LogP contribution in [0.5, 0.6) is 0 Å². The van der Waals surface area contributed by atoms with E-state index in [1.54, 1.807) is 20.8 Å². The Labute approximate surface area is 154 Å². The molecular formula is C18H19N5O2S. The average Bonchev–Trinajstić information content (AvgIpc) is 3.30. The van der Waals surface area contributed by atoms with E-state index in [1.807, 2.05) is 36.6 Å². The highest BCUT2D eigenvalue weighted by atomic mass is 32.1. The molecule has 0 fully saturated rings. The SMILES string of the molecule is CCCNC(=O)c1nnc2n1CCN(C(=O)c1ccc3sccc3c1)C2. The van der Waals surface area contributed by atoms with E-state index in [0.29, 0.717) is 43.4 Å². The molecule has 0 bridgehead atoms. The minimum atomic E-state index is -0.215. The molecule has 2 amide bonds. The van der Waals surface area contributed by atoms with Crippen molar-refractivity contribution >= 4 is 33.2 Å². The quantitative estimate of drug-likeness (QED) is 0.765. The Hall–Kier alpha value is -2.74. The van der Waals surface area contributed by atoms with Gasteiger partial charge in [-0.15, -0.1) is 21.5 Å².